The van der Waals surface area contributed by atoms with Crippen LogP contribution in [-0.4, -0.2) is 88.1 Å². The lowest BCUT2D eigenvalue weighted by atomic mass is 10.1. The maximum Gasteiger partial charge on any atom is 0.367 e. The molecule has 10 nitrogen and oxygen atoms in total. The van der Waals surface area contributed by atoms with E-state index in [2.05, 4.69) is 0 Å². The normalized spacial score (nSPS) is 31.7. The fourth-order valence-electron chi connectivity index (χ4n) is 3.42. The van der Waals surface area contributed by atoms with E-state index in [-0.39, 0.29) is 26.4 Å². The van der Waals surface area contributed by atoms with Gasteiger partial charge >= 0.3 is 7.60 Å². The molecule has 0 aromatic heterocycles. The molecular formula is C17H33O10P. The predicted octanol–water partition coefficient (Wildman–Crippen LogP) is 1.50. The molecule has 1 unspecified atom stereocenters. The molecule has 1 N–H and O–H groups in total. The third kappa shape index (κ3) is 4.78. The Morgan fingerprint density at radius 1 is 1.11 bits per heavy atom. The minimum Gasteiger partial charge on any atom is -0.393 e. The Morgan fingerprint density at radius 2 is 1.71 bits per heavy atom. The first kappa shape index (κ1) is 24.1. The van der Waals surface area contributed by atoms with E-state index in [0.29, 0.717) is 0 Å². The zero-order chi connectivity index (χ0) is 21.0. The number of aliphatic hydroxyl groups is 1. The minimum absolute atomic E-state index is 0.0610. The van der Waals surface area contributed by atoms with Crippen molar-refractivity contribution in [1.82, 2.24) is 0 Å². The quantitative estimate of drug-likeness (QED) is 0.459. The average molecular weight is 428 g/mol. The molecule has 0 spiro atoms. The zero-order valence-electron chi connectivity index (χ0n) is 17.4. The highest BCUT2D eigenvalue weighted by atomic mass is 31.2. The van der Waals surface area contributed by atoms with Gasteiger partial charge in [-0.3, -0.25) is 4.57 Å². The lowest BCUT2D eigenvalue weighted by Crippen LogP contribution is -2.46. The van der Waals surface area contributed by atoms with Crippen molar-refractivity contribution < 1.29 is 47.1 Å². The molecule has 5 atom stereocenters. The fourth-order valence-corrected chi connectivity index (χ4v) is 5.34. The van der Waals surface area contributed by atoms with Crippen LogP contribution in [0.4, 0.5) is 0 Å². The Kier molecular flexibility index (Phi) is 8.44. The van der Waals surface area contributed by atoms with Crippen molar-refractivity contribution in [2.45, 2.75) is 63.4 Å². The van der Waals surface area contributed by atoms with Crippen LogP contribution in [0, 0.1) is 0 Å². The zero-order valence-corrected chi connectivity index (χ0v) is 18.3. The molecule has 0 aliphatic carbocycles. The molecule has 2 heterocycles. The molecule has 11 heteroatoms. The molecule has 28 heavy (non-hydrogen) atoms. The number of aliphatic hydroxyl groups excluding tert-OH is 1. The van der Waals surface area contributed by atoms with Gasteiger partial charge in [0.1, 0.15) is 18.3 Å². The van der Waals surface area contributed by atoms with E-state index in [4.69, 9.17) is 37.5 Å². The van der Waals surface area contributed by atoms with Gasteiger partial charge in [-0.25, -0.2) is 0 Å². The fraction of sp³-hybridized carbons (Fsp3) is 1.00. The number of hydrogen-bond acceptors (Lipinski definition) is 10. The number of hydrogen-bond donors (Lipinski definition) is 1. The van der Waals surface area contributed by atoms with Gasteiger partial charge < -0.3 is 42.6 Å². The average Bonchev–Trinajstić information content (AvgIpc) is 3.12. The highest BCUT2D eigenvalue weighted by molar-refractivity contribution is 7.55. The Morgan fingerprint density at radius 3 is 2.21 bits per heavy atom. The summed E-state index contributed by atoms with van der Waals surface area (Å²) in [7, 11) is -0.938. The van der Waals surface area contributed by atoms with Gasteiger partial charge in [-0.15, -0.1) is 0 Å². The Labute approximate surface area is 166 Å². The van der Waals surface area contributed by atoms with Crippen molar-refractivity contribution in [3.8, 4) is 0 Å². The van der Waals surface area contributed by atoms with Gasteiger partial charge in [0.05, 0.1) is 33.0 Å². The predicted molar refractivity (Wildman–Crippen MR) is 98.0 cm³/mol. The first-order valence-corrected chi connectivity index (χ1v) is 10.9. The second-order valence-electron chi connectivity index (χ2n) is 7.02. The van der Waals surface area contributed by atoms with E-state index in [9.17, 15) is 9.67 Å². The van der Waals surface area contributed by atoms with Crippen LogP contribution in [0.5, 0.6) is 0 Å². The van der Waals surface area contributed by atoms with Gasteiger partial charge in [-0.2, -0.15) is 0 Å². The molecule has 0 radical (unpaired) electrons. The second kappa shape index (κ2) is 9.78. The van der Waals surface area contributed by atoms with Crippen LogP contribution >= 0.6 is 7.60 Å². The van der Waals surface area contributed by atoms with Gasteiger partial charge in [0.15, 0.2) is 12.1 Å². The van der Waals surface area contributed by atoms with Crippen molar-refractivity contribution in [2.75, 3.05) is 47.3 Å². The van der Waals surface area contributed by atoms with Crippen molar-refractivity contribution in [3.63, 3.8) is 0 Å². The summed E-state index contributed by atoms with van der Waals surface area (Å²) in [5.74, 6) is -0.791. The molecule has 2 fully saturated rings. The number of methoxy groups -OCH3 is 2. The third-order valence-corrected chi connectivity index (χ3v) is 7.16. The highest BCUT2D eigenvalue weighted by Crippen LogP contribution is 2.60. The van der Waals surface area contributed by atoms with Crippen LogP contribution in [-0.2, 0) is 42.0 Å². The lowest BCUT2D eigenvalue weighted by Gasteiger charge is -2.37. The summed E-state index contributed by atoms with van der Waals surface area (Å²) in [6.07, 6.45) is -2.07. The van der Waals surface area contributed by atoms with E-state index in [1.54, 1.807) is 27.7 Å². The summed E-state index contributed by atoms with van der Waals surface area (Å²) in [5.41, 5.74) is 0. The van der Waals surface area contributed by atoms with Crippen LogP contribution in [0.2, 0.25) is 0 Å². The van der Waals surface area contributed by atoms with Gasteiger partial charge in [0.25, 0.3) is 0 Å². The Balaban J connectivity index is 2.20. The van der Waals surface area contributed by atoms with E-state index in [0.717, 1.165) is 0 Å². The summed E-state index contributed by atoms with van der Waals surface area (Å²) >= 11 is 0. The van der Waals surface area contributed by atoms with Crippen LogP contribution in [0.25, 0.3) is 0 Å². The van der Waals surface area contributed by atoms with E-state index >= 15 is 0 Å². The molecule has 0 bridgehead atoms. The van der Waals surface area contributed by atoms with E-state index in [1.165, 1.54) is 14.2 Å². The molecule has 2 aliphatic heterocycles. The molecule has 0 aromatic rings. The second-order valence-corrected chi connectivity index (χ2v) is 9.35. The molecule has 2 rings (SSSR count). The molecule has 0 saturated carbocycles. The van der Waals surface area contributed by atoms with E-state index in [1.807, 2.05) is 0 Å². The molecule has 2 saturated heterocycles. The van der Waals surface area contributed by atoms with Crippen LogP contribution in [0.15, 0.2) is 0 Å². The van der Waals surface area contributed by atoms with Crippen molar-refractivity contribution >= 4 is 7.60 Å². The SMILES string of the molecule is CCOP(=O)(OCC)C(CO)(COC)OC[C@H]1O[C@@H](OC)[C@@H]2OC(C)(C)O[C@@H]21. The maximum atomic E-state index is 13.4. The van der Waals surface area contributed by atoms with E-state index < -0.39 is 49.9 Å². The van der Waals surface area contributed by atoms with Crippen LogP contribution < -0.4 is 0 Å². The summed E-state index contributed by atoms with van der Waals surface area (Å²) in [6, 6.07) is 0. The molecule has 166 valence electrons. The van der Waals surface area contributed by atoms with Gasteiger partial charge in [0, 0.05) is 14.2 Å². The Bertz CT molecular complexity index is 534. The van der Waals surface area contributed by atoms with Gasteiger partial charge in [-0.05, 0) is 27.7 Å². The van der Waals surface area contributed by atoms with Crippen LogP contribution in [0.3, 0.4) is 0 Å². The topological polar surface area (TPSA) is 111 Å². The Hall–Kier alpha value is -0.130. The smallest absolute Gasteiger partial charge is 0.367 e. The minimum atomic E-state index is -3.87. The maximum absolute atomic E-state index is 13.4. The number of ether oxygens (including phenoxy) is 6. The largest absolute Gasteiger partial charge is 0.393 e. The first-order chi connectivity index (χ1) is 13.2. The lowest BCUT2D eigenvalue weighted by molar-refractivity contribution is -0.235. The monoisotopic (exact) mass is 428 g/mol. The standard InChI is InChI=1S/C17H33O10P/c1-7-23-28(19,24-8-2)17(10-18,11-20-5)22-9-12-13-14(15(21-6)25-12)27-16(3,4)26-13/h12-15,18H,7-11H2,1-6H3/t12-,13-,14-,15-,17?/m1/s1. The van der Waals surface area contributed by atoms with Gasteiger partial charge in [0.2, 0.25) is 5.34 Å². The molecule has 2 aliphatic rings. The number of fused-ring (bicyclic) bond motifs is 1. The summed E-state index contributed by atoms with van der Waals surface area (Å²) in [6.45, 7) is 6.32. The molecule has 0 amide bonds. The summed E-state index contributed by atoms with van der Waals surface area (Å²) in [5, 5.41) is 8.38. The molecular weight excluding hydrogens is 395 g/mol. The van der Waals surface area contributed by atoms with Crippen molar-refractivity contribution in [3.05, 3.63) is 0 Å². The summed E-state index contributed by atoms with van der Waals surface area (Å²) in [4.78, 5) is 0. The number of rotatable bonds is 12. The van der Waals surface area contributed by atoms with Crippen molar-refractivity contribution in [1.29, 1.82) is 0 Å². The summed E-state index contributed by atoms with van der Waals surface area (Å²) < 4.78 is 58.2. The molecule has 0 aromatic carbocycles. The van der Waals surface area contributed by atoms with Crippen LogP contribution in [0.1, 0.15) is 27.7 Å². The first-order valence-electron chi connectivity index (χ1n) is 9.38. The van der Waals surface area contributed by atoms with Gasteiger partial charge in [-0.1, -0.05) is 0 Å². The third-order valence-electron chi connectivity index (χ3n) is 4.57. The van der Waals surface area contributed by atoms with Crippen molar-refractivity contribution in [2.24, 2.45) is 0 Å². The highest BCUT2D eigenvalue weighted by Gasteiger charge is 2.58.